The van der Waals surface area contributed by atoms with Crippen LogP contribution in [-0.4, -0.2) is 52.2 Å². The molecule has 0 saturated carbocycles. The number of azo groups is 1. The van der Waals surface area contributed by atoms with Crippen molar-refractivity contribution in [1.82, 2.24) is 9.97 Å². The van der Waals surface area contributed by atoms with E-state index in [2.05, 4.69) is 25.5 Å². The minimum Gasteiger partial charge on any atom is -0.391 e. The summed E-state index contributed by atoms with van der Waals surface area (Å²) in [6.45, 7) is 1.71. The second kappa shape index (κ2) is 8.79. The topological polar surface area (TPSA) is 103 Å². The van der Waals surface area contributed by atoms with Crippen LogP contribution >= 0.6 is 11.8 Å². The van der Waals surface area contributed by atoms with Crippen LogP contribution in [0.2, 0.25) is 0 Å². The Hall–Kier alpha value is -2.73. The number of β-amino-alcohol motifs (C(OH)–C–C–N with tert-alkyl or cyclic N) is 1. The number of nitrogens with zero attached hydrogens (tertiary/aromatic N) is 5. The molecule has 164 valence electrons. The van der Waals surface area contributed by atoms with Gasteiger partial charge in [0.15, 0.2) is 0 Å². The van der Waals surface area contributed by atoms with Crippen molar-refractivity contribution in [2.45, 2.75) is 35.5 Å². The third kappa shape index (κ3) is 5.31. The monoisotopic (exact) mass is 452 g/mol. The Balaban J connectivity index is 1.52. The Bertz CT molecular complexity index is 986. The van der Waals surface area contributed by atoms with E-state index in [1.165, 1.54) is 24.5 Å². The third-order valence-corrected chi connectivity index (χ3v) is 5.60. The van der Waals surface area contributed by atoms with Crippen LogP contribution in [0.4, 0.5) is 24.7 Å². The molecule has 12 heteroatoms. The normalized spacial score (nSPS) is 21.0. The molecule has 2 N–H and O–H groups in total. The summed E-state index contributed by atoms with van der Waals surface area (Å²) in [6, 6.07) is 4.04. The molecule has 4 rings (SSSR count). The third-order valence-electron chi connectivity index (χ3n) is 4.92. The van der Waals surface area contributed by atoms with E-state index in [0.717, 1.165) is 5.56 Å². The summed E-state index contributed by atoms with van der Waals surface area (Å²) in [4.78, 5) is 22.9. The Morgan fingerprint density at radius 2 is 2.06 bits per heavy atom. The fraction of sp³-hybridized carbons (Fsp3) is 0.421. The lowest BCUT2D eigenvalue weighted by Crippen LogP contribution is -2.24. The van der Waals surface area contributed by atoms with Crippen molar-refractivity contribution in [2.24, 2.45) is 10.2 Å². The Kier molecular flexibility index (Phi) is 6.10. The molecule has 2 aromatic heterocycles. The van der Waals surface area contributed by atoms with Gasteiger partial charge >= 0.3 is 5.51 Å². The van der Waals surface area contributed by atoms with Crippen molar-refractivity contribution < 1.29 is 23.1 Å². The first kappa shape index (κ1) is 21.5. The average Bonchev–Trinajstić information content (AvgIpc) is 3.40. The molecule has 8 nitrogen and oxygen atoms in total. The van der Waals surface area contributed by atoms with Crippen molar-refractivity contribution >= 4 is 29.2 Å². The number of aromatic nitrogens is 2. The number of alkyl halides is 3. The first-order chi connectivity index (χ1) is 14.8. The number of halogens is 3. The molecule has 0 aliphatic carbocycles. The number of aliphatic hydroxyl groups excluding tert-OH is 1. The number of carbonyl (C=O) groups excluding carboxylic acids is 1. The van der Waals surface area contributed by atoms with Gasteiger partial charge in [0.25, 0.3) is 5.91 Å². The van der Waals surface area contributed by atoms with Crippen molar-refractivity contribution in [3.05, 3.63) is 41.7 Å². The zero-order valence-electron chi connectivity index (χ0n) is 16.2. The number of nitrogens with one attached hydrogen (secondary N) is 1. The van der Waals surface area contributed by atoms with Crippen LogP contribution in [0.1, 0.15) is 34.8 Å². The van der Waals surface area contributed by atoms with Crippen molar-refractivity contribution in [1.29, 1.82) is 0 Å². The van der Waals surface area contributed by atoms with Gasteiger partial charge in [0, 0.05) is 36.6 Å². The molecule has 2 aliphatic heterocycles. The number of hydrogen-bond acceptors (Lipinski definition) is 8. The zero-order valence-corrected chi connectivity index (χ0v) is 17.0. The SMILES string of the molecule is O=C(Nc1ccc(SC(F)(F)F)nc1)c1cnc(N2CCC(O)C2)c(C2CCN=N2)c1. The number of carbonyl (C=O) groups is 1. The van der Waals surface area contributed by atoms with Crippen LogP contribution in [0.3, 0.4) is 0 Å². The van der Waals surface area contributed by atoms with Gasteiger partial charge < -0.3 is 15.3 Å². The molecule has 0 spiro atoms. The van der Waals surface area contributed by atoms with E-state index in [9.17, 15) is 23.1 Å². The fourth-order valence-corrected chi connectivity index (χ4v) is 3.97. The summed E-state index contributed by atoms with van der Waals surface area (Å²) in [5.41, 5.74) is -3.11. The van der Waals surface area contributed by atoms with E-state index in [4.69, 9.17) is 0 Å². The highest BCUT2D eigenvalue weighted by atomic mass is 32.2. The lowest BCUT2D eigenvalue weighted by atomic mass is 10.0. The number of anilines is 2. The first-order valence-corrected chi connectivity index (χ1v) is 10.4. The highest BCUT2D eigenvalue weighted by Crippen LogP contribution is 2.36. The van der Waals surface area contributed by atoms with Crippen molar-refractivity contribution in [2.75, 3.05) is 29.9 Å². The molecule has 0 bridgehead atoms. The Morgan fingerprint density at radius 3 is 2.68 bits per heavy atom. The van der Waals surface area contributed by atoms with E-state index in [0.29, 0.717) is 38.3 Å². The summed E-state index contributed by atoms with van der Waals surface area (Å²) in [5.74, 6) is 0.212. The van der Waals surface area contributed by atoms with Crippen LogP contribution < -0.4 is 10.2 Å². The number of aliphatic hydroxyl groups is 1. The minimum absolute atomic E-state index is 0.210. The Morgan fingerprint density at radius 1 is 1.23 bits per heavy atom. The summed E-state index contributed by atoms with van der Waals surface area (Å²) < 4.78 is 37.3. The lowest BCUT2D eigenvalue weighted by molar-refractivity contribution is -0.0329. The second-order valence-corrected chi connectivity index (χ2v) is 8.28. The van der Waals surface area contributed by atoms with Gasteiger partial charge in [-0.3, -0.25) is 4.79 Å². The number of hydrogen-bond donors (Lipinski definition) is 2. The Labute approximate surface area is 180 Å². The molecule has 31 heavy (non-hydrogen) atoms. The molecule has 1 saturated heterocycles. The first-order valence-electron chi connectivity index (χ1n) is 9.61. The number of pyridine rings is 2. The summed E-state index contributed by atoms with van der Waals surface area (Å²) in [6.07, 6.45) is 3.54. The molecular formula is C19H19F3N6O2S. The molecule has 4 heterocycles. The van der Waals surface area contributed by atoms with Crippen molar-refractivity contribution in [3.63, 3.8) is 0 Å². The average molecular weight is 452 g/mol. The van der Waals surface area contributed by atoms with E-state index < -0.39 is 17.5 Å². The maximum atomic E-state index is 12.7. The number of rotatable bonds is 5. The van der Waals surface area contributed by atoms with Gasteiger partial charge in [0.05, 0.1) is 30.1 Å². The van der Waals surface area contributed by atoms with Gasteiger partial charge in [0.1, 0.15) is 16.9 Å². The van der Waals surface area contributed by atoms with Crippen LogP contribution in [-0.2, 0) is 0 Å². The maximum absolute atomic E-state index is 12.7. The second-order valence-electron chi connectivity index (χ2n) is 7.20. The van der Waals surface area contributed by atoms with E-state index >= 15 is 0 Å². The molecule has 2 aliphatic rings. The highest BCUT2D eigenvalue weighted by molar-refractivity contribution is 8.00. The fourth-order valence-electron chi connectivity index (χ4n) is 3.49. The van der Waals surface area contributed by atoms with E-state index in [-0.39, 0.29) is 34.1 Å². The van der Waals surface area contributed by atoms with Gasteiger partial charge in [-0.25, -0.2) is 9.97 Å². The summed E-state index contributed by atoms with van der Waals surface area (Å²) >= 11 is -0.321. The smallest absolute Gasteiger partial charge is 0.391 e. The minimum atomic E-state index is -4.43. The summed E-state index contributed by atoms with van der Waals surface area (Å²) in [7, 11) is 0. The molecular weight excluding hydrogens is 433 g/mol. The van der Waals surface area contributed by atoms with Gasteiger partial charge in [-0.15, -0.1) is 0 Å². The van der Waals surface area contributed by atoms with Crippen LogP contribution in [0.15, 0.2) is 45.8 Å². The zero-order chi connectivity index (χ0) is 22.0. The summed E-state index contributed by atoms with van der Waals surface area (Å²) in [5, 5.41) is 20.6. The lowest BCUT2D eigenvalue weighted by Gasteiger charge is -2.22. The molecule has 0 radical (unpaired) electrons. The number of amides is 1. The van der Waals surface area contributed by atoms with Crippen molar-refractivity contribution in [3.8, 4) is 0 Å². The molecule has 2 unspecified atom stereocenters. The van der Waals surface area contributed by atoms with Gasteiger partial charge in [-0.1, -0.05) is 0 Å². The van der Waals surface area contributed by atoms with Crippen LogP contribution in [0.25, 0.3) is 0 Å². The van der Waals surface area contributed by atoms with Crippen LogP contribution in [0.5, 0.6) is 0 Å². The largest absolute Gasteiger partial charge is 0.447 e. The number of thioether (sulfide) groups is 1. The molecule has 2 atom stereocenters. The van der Waals surface area contributed by atoms with Crippen LogP contribution in [0, 0.1) is 0 Å². The predicted molar refractivity (Wildman–Crippen MR) is 108 cm³/mol. The highest BCUT2D eigenvalue weighted by Gasteiger charge is 2.30. The molecule has 2 aromatic rings. The maximum Gasteiger partial charge on any atom is 0.447 e. The standard InChI is InChI=1S/C19H19F3N6O2S/c20-19(21,22)31-16-2-1-12(9-23-16)26-18(30)11-7-14(15-3-5-25-27-15)17(24-8-11)28-6-4-13(29)10-28/h1-2,7-9,13,15,29H,3-6,10H2,(H,26,30). The predicted octanol–water partition coefficient (Wildman–Crippen LogP) is 3.81. The van der Waals surface area contributed by atoms with E-state index in [1.54, 1.807) is 6.07 Å². The van der Waals surface area contributed by atoms with Gasteiger partial charge in [0.2, 0.25) is 0 Å². The van der Waals surface area contributed by atoms with Gasteiger partial charge in [-0.05, 0) is 31.0 Å². The van der Waals surface area contributed by atoms with E-state index in [1.807, 2.05) is 4.90 Å². The van der Waals surface area contributed by atoms with Gasteiger partial charge in [-0.2, -0.15) is 23.4 Å². The molecule has 0 aromatic carbocycles. The molecule has 1 fully saturated rings. The quantitative estimate of drug-likeness (QED) is 0.669. The molecule has 1 amide bonds.